The van der Waals surface area contributed by atoms with Gasteiger partial charge >= 0.3 is 11.9 Å². The molecule has 0 aromatic heterocycles. The third-order valence-electron chi connectivity index (χ3n) is 4.96. The molecule has 0 aliphatic rings. The Morgan fingerprint density at radius 2 is 1.33 bits per heavy atom. The van der Waals surface area contributed by atoms with Gasteiger partial charge in [-0.25, -0.2) is 4.79 Å². The fourth-order valence-corrected chi connectivity index (χ4v) is 2.95. The zero-order valence-corrected chi connectivity index (χ0v) is 20.0. The minimum absolute atomic E-state index is 0.0187. The standard InChI is InChI=1S/C20H38N8O8/c21-8-2-1-4-12(17(33)27-13(19(35)36)5-3-9-25-20(23)24)26-18(34)14(10-29)28-16(32)11(22)6-7-15(30)31/h11-14,29H,1-10,21-22H2,(H,26,34)(H,27,33)(H,28,32)(H,30,31)(H,35,36)(H4,23,24,25). The van der Waals surface area contributed by atoms with Crippen molar-refractivity contribution in [2.24, 2.45) is 27.9 Å². The second kappa shape index (κ2) is 17.9. The van der Waals surface area contributed by atoms with Gasteiger partial charge < -0.3 is 54.2 Å². The molecule has 36 heavy (non-hydrogen) atoms. The lowest BCUT2D eigenvalue weighted by Crippen LogP contribution is -2.58. The summed E-state index contributed by atoms with van der Waals surface area (Å²) in [5.74, 6) is -5.16. The third-order valence-corrected chi connectivity index (χ3v) is 4.96. The minimum atomic E-state index is -1.48. The van der Waals surface area contributed by atoms with E-state index in [-0.39, 0.29) is 44.6 Å². The fourth-order valence-electron chi connectivity index (χ4n) is 2.95. The number of rotatable bonds is 19. The summed E-state index contributed by atoms with van der Waals surface area (Å²) in [6, 6.07) is -5.17. The number of aliphatic carboxylic acids is 2. The van der Waals surface area contributed by atoms with Crippen LogP contribution in [0, 0.1) is 0 Å². The normalized spacial score (nSPS) is 14.0. The summed E-state index contributed by atoms with van der Waals surface area (Å²) in [4.78, 5) is 63.6. The number of nitrogens with one attached hydrogen (secondary N) is 3. The Bertz CT molecular complexity index is 775. The Morgan fingerprint density at radius 1 is 0.778 bits per heavy atom. The monoisotopic (exact) mass is 518 g/mol. The number of carbonyl (C=O) groups is 5. The summed E-state index contributed by atoms with van der Waals surface area (Å²) in [7, 11) is 0. The van der Waals surface area contributed by atoms with Crippen LogP contribution >= 0.6 is 0 Å². The summed E-state index contributed by atoms with van der Waals surface area (Å²) in [5, 5.41) is 34.6. The van der Waals surface area contributed by atoms with Crippen LogP contribution in [0.4, 0.5) is 0 Å². The van der Waals surface area contributed by atoms with E-state index in [4.69, 9.17) is 28.0 Å². The molecule has 0 saturated carbocycles. The average Bonchev–Trinajstić information content (AvgIpc) is 2.81. The number of unbranched alkanes of at least 4 members (excludes halogenated alkanes) is 1. The van der Waals surface area contributed by atoms with Crippen LogP contribution in [0.25, 0.3) is 0 Å². The molecule has 0 aromatic carbocycles. The van der Waals surface area contributed by atoms with Gasteiger partial charge in [-0.1, -0.05) is 0 Å². The molecule has 14 N–H and O–H groups in total. The van der Waals surface area contributed by atoms with E-state index in [9.17, 15) is 34.2 Å². The number of nitrogens with zero attached hydrogens (tertiary/aromatic N) is 1. The van der Waals surface area contributed by atoms with Crippen LogP contribution in [0.1, 0.15) is 44.9 Å². The molecule has 206 valence electrons. The predicted octanol–water partition coefficient (Wildman–Crippen LogP) is -4.11. The van der Waals surface area contributed by atoms with Crippen molar-refractivity contribution >= 4 is 35.6 Å². The number of guanidine groups is 1. The molecule has 0 rings (SSSR count). The highest BCUT2D eigenvalue weighted by Crippen LogP contribution is 2.05. The number of aliphatic imine (C=N–C) groups is 1. The van der Waals surface area contributed by atoms with E-state index in [1.165, 1.54) is 0 Å². The number of hydrogen-bond acceptors (Lipinski definition) is 9. The van der Waals surface area contributed by atoms with Crippen LogP contribution in [0.2, 0.25) is 0 Å². The number of carboxylic acid groups (broad SMARTS) is 2. The van der Waals surface area contributed by atoms with Crippen molar-refractivity contribution in [2.45, 2.75) is 69.1 Å². The Balaban J connectivity index is 5.25. The van der Waals surface area contributed by atoms with Crippen molar-refractivity contribution in [2.75, 3.05) is 19.7 Å². The molecule has 4 unspecified atom stereocenters. The van der Waals surface area contributed by atoms with E-state index >= 15 is 0 Å². The second-order valence-electron chi connectivity index (χ2n) is 7.98. The molecular formula is C20H38N8O8. The SMILES string of the molecule is NCCCCC(NC(=O)C(CO)NC(=O)C(N)CCC(=O)O)C(=O)NC(CCCN=C(N)N)C(=O)O. The van der Waals surface area contributed by atoms with Gasteiger partial charge in [0, 0.05) is 13.0 Å². The van der Waals surface area contributed by atoms with Crippen LogP contribution in [-0.4, -0.2) is 94.8 Å². The Labute approximate surface area is 208 Å². The van der Waals surface area contributed by atoms with E-state index in [0.717, 1.165) is 0 Å². The number of carboxylic acids is 2. The Kier molecular flexibility index (Phi) is 16.1. The van der Waals surface area contributed by atoms with Crippen molar-refractivity contribution in [3.8, 4) is 0 Å². The van der Waals surface area contributed by atoms with Crippen molar-refractivity contribution in [3.05, 3.63) is 0 Å². The smallest absolute Gasteiger partial charge is 0.326 e. The lowest BCUT2D eigenvalue weighted by atomic mass is 10.1. The molecule has 0 fully saturated rings. The van der Waals surface area contributed by atoms with E-state index < -0.39 is 60.4 Å². The molecule has 0 aromatic rings. The summed E-state index contributed by atoms with van der Waals surface area (Å²) in [5.41, 5.74) is 21.5. The average molecular weight is 519 g/mol. The largest absolute Gasteiger partial charge is 0.481 e. The number of aliphatic hydroxyl groups is 1. The Morgan fingerprint density at radius 3 is 1.86 bits per heavy atom. The third kappa shape index (κ3) is 14.0. The first-order valence-electron chi connectivity index (χ1n) is 11.4. The summed E-state index contributed by atoms with van der Waals surface area (Å²) >= 11 is 0. The zero-order chi connectivity index (χ0) is 27.7. The number of hydrogen-bond donors (Lipinski definition) is 10. The fraction of sp³-hybridized carbons (Fsp3) is 0.700. The quantitative estimate of drug-likeness (QED) is 0.0443. The van der Waals surface area contributed by atoms with Gasteiger partial charge in [0.05, 0.1) is 12.6 Å². The lowest BCUT2D eigenvalue weighted by Gasteiger charge is -2.24. The molecule has 0 aliphatic carbocycles. The van der Waals surface area contributed by atoms with Crippen molar-refractivity contribution in [1.82, 2.24) is 16.0 Å². The van der Waals surface area contributed by atoms with E-state index in [0.29, 0.717) is 19.4 Å². The molecule has 0 heterocycles. The Hall–Kier alpha value is -3.50. The topological polar surface area (TPSA) is 299 Å². The zero-order valence-electron chi connectivity index (χ0n) is 20.0. The van der Waals surface area contributed by atoms with Crippen LogP contribution in [0.5, 0.6) is 0 Å². The van der Waals surface area contributed by atoms with Gasteiger partial charge in [0.2, 0.25) is 17.7 Å². The maximum atomic E-state index is 12.8. The number of nitrogens with two attached hydrogens (primary N) is 4. The first-order valence-corrected chi connectivity index (χ1v) is 11.4. The van der Waals surface area contributed by atoms with Crippen molar-refractivity contribution < 1.29 is 39.3 Å². The summed E-state index contributed by atoms with van der Waals surface area (Å²) in [6.45, 7) is -0.345. The van der Waals surface area contributed by atoms with Crippen molar-refractivity contribution in [3.63, 3.8) is 0 Å². The minimum Gasteiger partial charge on any atom is -0.481 e. The highest BCUT2D eigenvalue weighted by molar-refractivity contribution is 5.94. The van der Waals surface area contributed by atoms with Gasteiger partial charge in [-0.05, 0) is 45.1 Å². The number of aliphatic hydroxyl groups excluding tert-OH is 1. The summed E-state index contributed by atoms with van der Waals surface area (Å²) < 4.78 is 0. The van der Waals surface area contributed by atoms with Crippen LogP contribution in [0.3, 0.4) is 0 Å². The first kappa shape index (κ1) is 32.5. The van der Waals surface area contributed by atoms with Gasteiger partial charge in [0.15, 0.2) is 5.96 Å². The van der Waals surface area contributed by atoms with Crippen molar-refractivity contribution in [1.29, 1.82) is 0 Å². The maximum absolute atomic E-state index is 12.8. The number of carbonyl (C=O) groups excluding carboxylic acids is 3. The molecule has 0 spiro atoms. The summed E-state index contributed by atoms with van der Waals surface area (Å²) in [6.07, 6.45) is 0.784. The first-order chi connectivity index (χ1) is 16.9. The molecule has 16 heteroatoms. The van der Waals surface area contributed by atoms with Crippen LogP contribution in [0.15, 0.2) is 4.99 Å². The molecule has 0 bridgehead atoms. The van der Waals surface area contributed by atoms with Gasteiger partial charge in [-0.15, -0.1) is 0 Å². The number of amides is 3. The van der Waals surface area contributed by atoms with E-state index in [1.54, 1.807) is 0 Å². The van der Waals surface area contributed by atoms with E-state index in [2.05, 4.69) is 20.9 Å². The van der Waals surface area contributed by atoms with Crippen LogP contribution in [-0.2, 0) is 24.0 Å². The van der Waals surface area contributed by atoms with Gasteiger partial charge in [-0.3, -0.25) is 24.2 Å². The molecule has 16 nitrogen and oxygen atoms in total. The predicted molar refractivity (Wildman–Crippen MR) is 128 cm³/mol. The van der Waals surface area contributed by atoms with Gasteiger partial charge in [0.1, 0.15) is 18.1 Å². The molecule has 4 atom stereocenters. The van der Waals surface area contributed by atoms with Gasteiger partial charge in [0.25, 0.3) is 0 Å². The molecule has 0 radical (unpaired) electrons. The highest BCUT2D eigenvalue weighted by Gasteiger charge is 2.29. The van der Waals surface area contributed by atoms with Gasteiger partial charge in [-0.2, -0.15) is 0 Å². The maximum Gasteiger partial charge on any atom is 0.326 e. The van der Waals surface area contributed by atoms with Crippen LogP contribution < -0.4 is 38.9 Å². The molecule has 0 saturated heterocycles. The van der Waals surface area contributed by atoms with E-state index in [1.807, 2.05) is 0 Å². The molecular weight excluding hydrogens is 480 g/mol. The molecule has 0 aliphatic heterocycles. The second-order valence-corrected chi connectivity index (χ2v) is 7.98. The lowest BCUT2D eigenvalue weighted by molar-refractivity contribution is -0.142. The highest BCUT2D eigenvalue weighted by atomic mass is 16.4. The molecule has 3 amide bonds.